The van der Waals surface area contributed by atoms with Gasteiger partial charge in [-0.25, -0.2) is 4.39 Å². The average Bonchev–Trinajstić information content (AvgIpc) is 2.49. The van der Waals surface area contributed by atoms with Gasteiger partial charge < -0.3 is 15.5 Å². The molecule has 0 saturated heterocycles. The second-order valence-electron chi connectivity index (χ2n) is 5.78. The fourth-order valence-corrected chi connectivity index (χ4v) is 2.44. The third-order valence-corrected chi connectivity index (χ3v) is 3.72. The SMILES string of the molecule is Cc1ccc(NC(=S)NCc2ccccc2CN(C)C)cc1F. The second-order valence-corrected chi connectivity index (χ2v) is 6.19. The molecule has 122 valence electrons. The highest BCUT2D eigenvalue weighted by Gasteiger charge is 2.05. The molecule has 0 heterocycles. The summed E-state index contributed by atoms with van der Waals surface area (Å²) in [7, 11) is 4.09. The van der Waals surface area contributed by atoms with Crippen molar-refractivity contribution in [2.24, 2.45) is 0 Å². The molecule has 0 saturated carbocycles. The van der Waals surface area contributed by atoms with Crippen LogP contribution >= 0.6 is 12.2 Å². The molecule has 2 rings (SSSR count). The number of hydrogen-bond donors (Lipinski definition) is 2. The lowest BCUT2D eigenvalue weighted by Gasteiger charge is -2.16. The molecule has 0 spiro atoms. The minimum absolute atomic E-state index is 0.242. The van der Waals surface area contributed by atoms with E-state index >= 15 is 0 Å². The first-order valence-corrected chi connectivity index (χ1v) is 7.89. The lowest BCUT2D eigenvalue weighted by molar-refractivity contribution is 0.401. The summed E-state index contributed by atoms with van der Waals surface area (Å²) in [5.74, 6) is -0.242. The van der Waals surface area contributed by atoms with E-state index in [1.54, 1.807) is 13.0 Å². The van der Waals surface area contributed by atoms with Crippen LogP contribution in [0.2, 0.25) is 0 Å². The molecule has 0 atom stereocenters. The minimum Gasteiger partial charge on any atom is -0.358 e. The summed E-state index contributed by atoms with van der Waals surface area (Å²) in [4.78, 5) is 2.13. The smallest absolute Gasteiger partial charge is 0.171 e. The van der Waals surface area contributed by atoms with Gasteiger partial charge in [0, 0.05) is 18.8 Å². The third-order valence-electron chi connectivity index (χ3n) is 3.47. The van der Waals surface area contributed by atoms with Crippen molar-refractivity contribution < 1.29 is 4.39 Å². The molecular formula is C18H22FN3S. The molecule has 23 heavy (non-hydrogen) atoms. The summed E-state index contributed by atoms with van der Waals surface area (Å²) >= 11 is 5.29. The number of aryl methyl sites for hydroxylation is 1. The van der Waals surface area contributed by atoms with Crippen LogP contribution in [0.4, 0.5) is 10.1 Å². The zero-order chi connectivity index (χ0) is 16.8. The Balaban J connectivity index is 1.95. The van der Waals surface area contributed by atoms with E-state index < -0.39 is 0 Å². The fourth-order valence-electron chi connectivity index (χ4n) is 2.25. The molecule has 2 aromatic carbocycles. The Morgan fingerprint density at radius 3 is 2.48 bits per heavy atom. The lowest BCUT2D eigenvalue weighted by atomic mass is 10.1. The standard InChI is InChI=1S/C18H22FN3S/c1-13-8-9-16(10-17(13)19)21-18(23)20-11-14-6-4-5-7-15(14)12-22(2)3/h4-10H,11-12H2,1-3H3,(H2,20,21,23). The molecule has 0 unspecified atom stereocenters. The summed E-state index contributed by atoms with van der Waals surface area (Å²) < 4.78 is 13.5. The molecule has 0 aliphatic rings. The van der Waals surface area contributed by atoms with Crippen LogP contribution in [0.3, 0.4) is 0 Å². The average molecular weight is 331 g/mol. The molecule has 0 radical (unpaired) electrons. The van der Waals surface area contributed by atoms with Crippen LogP contribution in [0.1, 0.15) is 16.7 Å². The molecule has 2 aromatic rings. The number of hydrogen-bond acceptors (Lipinski definition) is 2. The van der Waals surface area contributed by atoms with E-state index in [0.29, 0.717) is 22.9 Å². The first-order chi connectivity index (χ1) is 11.0. The van der Waals surface area contributed by atoms with Crippen LogP contribution in [0.25, 0.3) is 0 Å². The van der Waals surface area contributed by atoms with Gasteiger partial charge in [0.2, 0.25) is 0 Å². The fraction of sp³-hybridized carbons (Fsp3) is 0.278. The molecule has 0 bridgehead atoms. The van der Waals surface area contributed by atoms with Crippen LogP contribution in [-0.2, 0) is 13.1 Å². The van der Waals surface area contributed by atoms with Crippen LogP contribution in [0, 0.1) is 12.7 Å². The Labute approximate surface area is 142 Å². The van der Waals surface area contributed by atoms with Crippen molar-refractivity contribution in [3.05, 3.63) is 65.0 Å². The van der Waals surface area contributed by atoms with Gasteiger partial charge in [-0.1, -0.05) is 30.3 Å². The highest BCUT2D eigenvalue weighted by molar-refractivity contribution is 7.80. The number of thiocarbonyl (C=S) groups is 1. The second kappa shape index (κ2) is 8.04. The van der Waals surface area contributed by atoms with Gasteiger partial charge in [-0.05, 0) is 62.1 Å². The van der Waals surface area contributed by atoms with Crippen molar-refractivity contribution in [1.29, 1.82) is 0 Å². The number of benzene rings is 2. The topological polar surface area (TPSA) is 27.3 Å². The molecule has 0 aromatic heterocycles. The summed E-state index contributed by atoms with van der Waals surface area (Å²) in [5.41, 5.74) is 3.72. The summed E-state index contributed by atoms with van der Waals surface area (Å²) in [6.45, 7) is 3.24. The van der Waals surface area contributed by atoms with Gasteiger partial charge in [0.1, 0.15) is 5.82 Å². The van der Waals surface area contributed by atoms with Gasteiger partial charge in [-0.2, -0.15) is 0 Å². The van der Waals surface area contributed by atoms with Crippen molar-refractivity contribution in [3.8, 4) is 0 Å². The van der Waals surface area contributed by atoms with Crippen molar-refractivity contribution in [3.63, 3.8) is 0 Å². The van der Waals surface area contributed by atoms with Gasteiger partial charge in [-0.15, -0.1) is 0 Å². The van der Waals surface area contributed by atoms with Crippen LogP contribution in [-0.4, -0.2) is 24.1 Å². The minimum atomic E-state index is -0.242. The Kier molecular flexibility index (Phi) is 6.07. The highest BCUT2D eigenvalue weighted by atomic mass is 32.1. The lowest BCUT2D eigenvalue weighted by Crippen LogP contribution is -2.28. The molecule has 0 amide bonds. The molecule has 3 nitrogen and oxygen atoms in total. The van der Waals surface area contributed by atoms with Crippen molar-refractivity contribution >= 4 is 23.0 Å². The van der Waals surface area contributed by atoms with Crippen molar-refractivity contribution in [1.82, 2.24) is 10.2 Å². The molecule has 0 aliphatic carbocycles. The maximum atomic E-state index is 13.5. The number of anilines is 1. The normalized spacial score (nSPS) is 10.7. The van der Waals surface area contributed by atoms with Gasteiger partial charge in [0.05, 0.1) is 0 Å². The number of rotatable bonds is 5. The number of nitrogens with zero attached hydrogens (tertiary/aromatic N) is 1. The van der Waals surface area contributed by atoms with Gasteiger partial charge >= 0.3 is 0 Å². The monoisotopic (exact) mass is 331 g/mol. The molecule has 2 N–H and O–H groups in total. The van der Waals surface area contributed by atoms with Gasteiger partial charge in [0.15, 0.2) is 5.11 Å². The van der Waals surface area contributed by atoms with E-state index in [9.17, 15) is 4.39 Å². The Morgan fingerprint density at radius 1 is 1.13 bits per heavy atom. The van der Waals surface area contributed by atoms with Gasteiger partial charge in [-0.3, -0.25) is 0 Å². The van der Waals surface area contributed by atoms with E-state index in [1.807, 2.05) is 32.3 Å². The van der Waals surface area contributed by atoms with Crippen LogP contribution in [0.5, 0.6) is 0 Å². The third kappa shape index (κ3) is 5.30. The molecule has 0 aliphatic heterocycles. The Morgan fingerprint density at radius 2 is 1.83 bits per heavy atom. The summed E-state index contributed by atoms with van der Waals surface area (Å²) in [6.07, 6.45) is 0. The number of halogens is 1. The molecular weight excluding hydrogens is 309 g/mol. The van der Waals surface area contributed by atoms with E-state index in [-0.39, 0.29) is 5.82 Å². The quantitative estimate of drug-likeness (QED) is 0.817. The first kappa shape index (κ1) is 17.4. The predicted octanol–water partition coefficient (Wildman–Crippen LogP) is 3.68. The first-order valence-electron chi connectivity index (χ1n) is 7.48. The summed E-state index contributed by atoms with van der Waals surface area (Å²) in [6, 6.07) is 13.2. The highest BCUT2D eigenvalue weighted by Crippen LogP contribution is 2.14. The van der Waals surface area contributed by atoms with Crippen LogP contribution in [0.15, 0.2) is 42.5 Å². The van der Waals surface area contributed by atoms with E-state index in [0.717, 1.165) is 6.54 Å². The van der Waals surface area contributed by atoms with Crippen LogP contribution < -0.4 is 10.6 Å². The zero-order valence-electron chi connectivity index (χ0n) is 13.7. The predicted molar refractivity (Wildman–Crippen MR) is 98.0 cm³/mol. The number of nitrogens with one attached hydrogen (secondary N) is 2. The maximum Gasteiger partial charge on any atom is 0.171 e. The van der Waals surface area contributed by atoms with Crippen molar-refractivity contribution in [2.75, 3.05) is 19.4 Å². The summed E-state index contributed by atoms with van der Waals surface area (Å²) in [5, 5.41) is 6.66. The molecule has 0 fully saturated rings. The zero-order valence-corrected chi connectivity index (χ0v) is 14.5. The molecule has 5 heteroatoms. The largest absolute Gasteiger partial charge is 0.358 e. The van der Waals surface area contributed by atoms with E-state index in [4.69, 9.17) is 12.2 Å². The van der Waals surface area contributed by atoms with Crippen molar-refractivity contribution in [2.45, 2.75) is 20.0 Å². The van der Waals surface area contributed by atoms with Gasteiger partial charge in [0.25, 0.3) is 0 Å². The Bertz CT molecular complexity index is 686. The van der Waals surface area contributed by atoms with E-state index in [2.05, 4.69) is 27.7 Å². The Hall–Kier alpha value is -1.98. The van der Waals surface area contributed by atoms with E-state index in [1.165, 1.54) is 17.2 Å². The maximum absolute atomic E-state index is 13.5.